The van der Waals surface area contributed by atoms with E-state index in [0.717, 1.165) is 19.0 Å². The van der Waals surface area contributed by atoms with Crippen molar-refractivity contribution >= 4 is 0 Å². The van der Waals surface area contributed by atoms with E-state index in [0.29, 0.717) is 0 Å². The highest BCUT2D eigenvalue weighted by atomic mass is 15.1. The third-order valence-electron chi connectivity index (χ3n) is 3.95. The summed E-state index contributed by atoms with van der Waals surface area (Å²) in [6, 6.07) is 4.69. The summed E-state index contributed by atoms with van der Waals surface area (Å²) in [6.45, 7) is 3.38. The van der Waals surface area contributed by atoms with Gasteiger partial charge in [-0.25, -0.2) is 0 Å². The molecule has 1 fully saturated rings. The average Bonchev–Trinajstić information content (AvgIpc) is 2.74. The van der Waals surface area contributed by atoms with Crippen molar-refractivity contribution < 1.29 is 0 Å². The van der Waals surface area contributed by atoms with Crippen molar-refractivity contribution in [1.29, 1.82) is 0 Å². The first-order valence-corrected chi connectivity index (χ1v) is 6.34. The van der Waals surface area contributed by atoms with E-state index in [1.807, 2.05) is 0 Å². The minimum absolute atomic E-state index is 0.852. The molecule has 1 aromatic rings. The maximum atomic E-state index is 3.44. The predicted molar refractivity (Wildman–Crippen MR) is 62.0 cm³/mol. The van der Waals surface area contributed by atoms with Crippen LogP contribution < -0.4 is 5.32 Å². The molecule has 1 saturated carbocycles. The third-order valence-corrected chi connectivity index (χ3v) is 3.95. The van der Waals surface area contributed by atoms with Gasteiger partial charge >= 0.3 is 0 Å². The Morgan fingerprint density at radius 3 is 2.87 bits per heavy atom. The van der Waals surface area contributed by atoms with E-state index in [4.69, 9.17) is 0 Å². The van der Waals surface area contributed by atoms with Gasteiger partial charge in [-0.05, 0) is 30.9 Å². The van der Waals surface area contributed by atoms with Crippen LogP contribution in [0, 0.1) is 0 Å². The van der Waals surface area contributed by atoms with Gasteiger partial charge in [0.1, 0.15) is 0 Å². The van der Waals surface area contributed by atoms with Gasteiger partial charge in [-0.2, -0.15) is 0 Å². The number of nitrogens with one attached hydrogen (secondary N) is 1. The Hall–Kier alpha value is -0.760. The minimum Gasteiger partial charge on any atom is -0.346 e. The van der Waals surface area contributed by atoms with Crippen LogP contribution in [-0.2, 0) is 13.1 Å². The van der Waals surface area contributed by atoms with Crippen molar-refractivity contribution in [1.82, 2.24) is 9.88 Å². The quantitative estimate of drug-likeness (QED) is 0.744. The summed E-state index contributed by atoms with van der Waals surface area (Å²) in [5.74, 6) is 0.852. The lowest BCUT2D eigenvalue weighted by Gasteiger charge is -2.26. The molecule has 0 bridgehead atoms. The second-order valence-electron chi connectivity index (χ2n) is 4.91. The molecule has 0 unspecified atom stereocenters. The maximum Gasteiger partial charge on any atom is 0.0360 e. The predicted octanol–water partition coefficient (Wildman–Crippen LogP) is 2.64. The molecule has 1 aliphatic heterocycles. The Kier molecular flexibility index (Phi) is 2.53. The standard InChI is InChI=1S/C13H20N2/c1-2-4-11(5-3-1)13-7-6-12-10-14-8-9-15(12)13/h6-7,11,14H,1-5,8-10H2. The highest BCUT2D eigenvalue weighted by Gasteiger charge is 2.21. The van der Waals surface area contributed by atoms with Gasteiger partial charge in [-0.15, -0.1) is 0 Å². The normalized spacial score (nSPS) is 22.7. The summed E-state index contributed by atoms with van der Waals surface area (Å²) in [7, 11) is 0. The van der Waals surface area contributed by atoms with Gasteiger partial charge < -0.3 is 9.88 Å². The summed E-state index contributed by atoms with van der Waals surface area (Å²) in [5.41, 5.74) is 3.10. The number of fused-ring (bicyclic) bond motifs is 1. The van der Waals surface area contributed by atoms with Crippen LogP contribution in [0.5, 0.6) is 0 Å². The van der Waals surface area contributed by atoms with Gasteiger partial charge in [0.15, 0.2) is 0 Å². The Bertz CT molecular complexity index is 334. The third kappa shape index (κ3) is 1.71. The minimum atomic E-state index is 0.852. The average molecular weight is 204 g/mol. The Balaban J connectivity index is 1.87. The summed E-state index contributed by atoms with van der Waals surface area (Å²) in [6.07, 6.45) is 7.15. The highest BCUT2D eigenvalue weighted by Crippen LogP contribution is 2.33. The molecule has 0 saturated heterocycles. The van der Waals surface area contributed by atoms with E-state index >= 15 is 0 Å². The smallest absolute Gasteiger partial charge is 0.0360 e. The van der Waals surface area contributed by atoms with Crippen LogP contribution in [-0.4, -0.2) is 11.1 Å². The fraction of sp³-hybridized carbons (Fsp3) is 0.692. The SMILES string of the molecule is c1cc(C2CCCCC2)n2c1CNCC2. The molecule has 1 N–H and O–H groups in total. The molecule has 2 aliphatic rings. The van der Waals surface area contributed by atoms with Crippen LogP contribution in [0.2, 0.25) is 0 Å². The molecule has 1 aromatic heterocycles. The van der Waals surface area contributed by atoms with Crippen molar-refractivity contribution in [3.8, 4) is 0 Å². The fourth-order valence-corrected chi connectivity index (χ4v) is 3.12. The molecule has 0 radical (unpaired) electrons. The summed E-state index contributed by atoms with van der Waals surface area (Å²) in [5, 5.41) is 3.44. The molecular formula is C13H20N2. The molecule has 0 spiro atoms. The maximum absolute atomic E-state index is 3.44. The first kappa shape index (κ1) is 9.46. The first-order chi connectivity index (χ1) is 7.45. The molecule has 82 valence electrons. The van der Waals surface area contributed by atoms with Crippen molar-refractivity contribution in [3.05, 3.63) is 23.5 Å². The van der Waals surface area contributed by atoms with E-state index in [1.54, 1.807) is 5.69 Å². The first-order valence-electron chi connectivity index (χ1n) is 6.34. The van der Waals surface area contributed by atoms with Crippen LogP contribution in [0.15, 0.2) is 12.1 Å². The Labute approximate surface area is 91.7 Å². The van der Waals surface area contributed by atoms with Crippen molar-refractivity contribution in [3.63, 3.8) is 0 Å². The Morgan fingerprint density at radius 1 is 1.13 bits per heavy atom. The molecule has 0 aromatic carbocycles. The largest absolute Gasteiger partial charge is 0.346 e. The van der Waals surface area contributed by atoms with E-state index in [-0.39, 0.29) is 0 Å². The molecule has 15 heavy (non-hydrogen) atoms. The molecule has 2 nitrogen and oxygen atoms in total. The summed E-state index contributed by atoms with van der Waals surface area (Å²) < 4.78 is 2.56. The summed E-state index contributed by atoms with van der Waals surface area (Å²) >= 11 is 0. The van der Waals surface area contributed by atoms with Crippen LogP contribution in [0.25, 0.3) is 0 Å². The lowest BCUT2D eigenvalue weighted by atomic mass is 9.87. The second-order valence-corrected chi connectivity index (χ2v) is 4.91. The van der Waals surface area contributed by atoms with Crippen LogP contribution >= 0.6 is 0 Å². The fourth-order valence-electron chi connectivity index (χ4n) is 3.12. The number of hydrogen-bond donors (Lipinski definition) is 1. The molecular weight excluding hydrogens is 184 g/mol. The van der Waals surface area contributed by atoms with E-state index < -0.39 is 0 Å². The molecule has 3 rings (SSSR count). The van der Waals surface area contributed by atoms with Crippen LogP contribution in [0.3, 0.4) is 0 Å². The van der Waals surface area contributed by atoms with Crippen LogP contribution in [0.1, 0.15) is 49.4 Å². The number of nitrogens with zero attached hydrogens (tertiary/aromatic N) is 1. The lowest BCUT2D eigenvalue weighted by Crippen LogP contribution is -2.29. The van der Waals surface area contributed by atoms with E-state index in [2.05, 4.69) is 22.0 Å². The van der Waals surface area contributed by atoms with Crippen molar-refractivity contribution in [2.75, 3.05) is 6.54 Å². The van der Waals surface area contributed by atoms with Gasteiger partial charge in [0.2, 0.25) is 0 Å². The second kappa shape index (κ2) is 4.01. The lowest BCUT2D eigenvalue weighted by molar-refractivity contribution is 0.409. The molecule has 0 amide bonds. The molecule has 2 heterocycles. The highest BCUT2D eigenvalue weighted by molar-refractivity contribution is 5.21. The van der Waals surface area contributed by atoms with E-state index in [1.165, 1.54) is 44.3 Å². The number of hydrogen-bond acceptors (Lipinski definition) is 1. The number of aromatic nitrogens is 1. The topological polar surface area (TPSA) is 17.0 Å². The zero-order chi connectivity index (χ0) is 10.1. The summed E-state index contributed by atoms with van der Waals surface area (Å²) in [4.78, 5) is 0. The molecule has 2 heteroatoms. The van der Waals surface area contributed by atoms with Crippen molar-refractivity contribution in [2.45, 2.75) is 51.1 Å². The van der Waals surface area contributed by atoms with Crippen molar-refractivity contribution in [2.24, 2.45) is 0 Å². The molecule has 1 aliphatic carbocycles. The van der Waals surface area contributed by atoms with Gasteiger partial charge in [0.25, 0.3) is 0 Å². The molecule has 0 atom stereocenters. The number of rotatable bonds is 1. The monoisotopic (exact) mass is 204 g/mol. The zero-order valence-electron chi connectivity index (χ0n) is 9.34. The van der Waals surface area contributed by atoms with Gasteiger partial charge in [0.05, 0.1) is 0 Å². The van der Waals surface area contributed by atoms with Crippen LogP contribution in [0.4, 0.5) is 0 Å². The van der Waals surface area contributed by atoms with E-state index in [9.17, 15) is 0 Å². The Morgan fingerprint density at radius 2 is 2.00 bits per heavy atom. The van der Waals surface area contributed by atoms with Gasteiger partial charge in [0, 0.05) is 31.0 Å². The zero-order valence-corrected chi connectivity index (χ0v) is 9.34. The van der Waals surface area contributed by atoms with Gasteiger partial charge in [-0.3, -0.25) is 0 Å². The van der Waals surface area contributed by atoms with Gasteiger partial charge in [-0.1, -0.05) is 19.3 Å².